The van der Waals surface area contributed by atoms with Crippen LogP contribution >= 0.6 is 0 Å². The van der Waals surface area contributed by atoms with Crippen LogP contribution in [0.3, 0.4) is 0 Å². The lowest BCUT2D eigenvalue weighted by atomic mass is 9.83. The number of ether oxygens (including phenoxy) is 1. The number of urea groups is 1. The van der Waals surface area contributed by atoms with E-state index in [1.54, 1.807) is 17.0 Å². The molecule has 2 amide bonds. The van der Waals surface area contributed by atoms with Crippen LogP contribution in [0.1, 0.15) is 24.5 Å². The van der Waals surface area contributed by atoms with Gasteiger partial charge in [0.05, 0.1) is 13.5 Å². The molecule has 7 heteroatoms. The van der Waals surface area contributed by atoms with E-state index in [4.69, 9.17) is 0 Å². The number of amides is 2. The summed E-state index contributed by atoms with van der Waals surface area (Å²) in [4.78, 5) is 37.1. The fourth-order valence-electron chi connectivity index (χ4n) is 3.55. The Bertz CT molecular complexity index is 670. The summed E-state index contributed by atoms with van der Waals surface area (Å²) in [5.41, 5.74) is 1.05. The van der Waals surface area contributed by atoms with Gasteiger partial charge in [-0.05, 0) is 18.4 Å². The first-order chi connectivity index (χ1) is 11.1. The maximum absolute atomic E-state index is 12.3. The summed E-state index contributed by atoms with van der Waals surface area (Å²) in [6.07, 6.45) is 1.18. The smallest absolute Gasteiger partial charge is 0.317 e. The summed E-state index contributed by atoms with van der Waals surface area (Å²) >= 11 is 0. The zero-order valence-electron chi connectivity index (χ0n) is 13.2. The Balaban J connectivity index is 1.64. The number of carbonyl (C=O) groups is 2. The molecule has 1 aromatic rings. The van der Waals surface area contributed by atoms with Crippen molar-refractivity contribution < 1.29 is 14.3 Å². The van der Waals surface area contributed by atoms with E-state index in [0.717, 1.165) is 12.1 Å². The lowest BCUT2D eigenvalue weighted by Gasteiger charge is -2.42. The number of hydrogen-bond acceptors (Lipinski definition) is 4. The van der Waals surface area contributed by atoms with E-state index in [-0.39, 0.29) is 36.4 Å². The summed E-state index contributed by atoms with van der Waals surface area (Å²) < 4.78 is 6.39. The molecule has 1 aromatic heterocycles. The highest BCUT2D eigenvalue weighted by atomic mass is 16.5. The number of rotatable bonds is 3. The van der Waals surface area contributed by atoms with Crippen LogP contribution in [-0.4, -0.2) is 48.2 Å². The maximum atomic E-state index is 12.3. The summed E-state index contributed by atoms with van der Waals surface area (Å²) in [7, 11) is 1.33. The van der Waals surface area contributed by atoms with E-state index in [2.05, 4.69) is 10.1 Å². The molecule has 1 saturated heterocycles. The van der Waals surface area contributed by atoms with E-state index in [0.29, 0.717) is 25.6 Å². The average molecular weight is 319 g/mol. The predicted molar refractivity (Wildman–Crippen MR) is 83.2 cm³/mol. The van der Waals surface area contributed by atoms with Gasteiger partial charge in [-0.1, -0.05) is 6.07 Å². The normalized spacial score (nSPS) is 22.2. The number of nitrogens with zero attached hydrogens (tertiary/aromatic N) is 2. The Labute approximate surface area is 134 Å². The summed E-state index contributed by atoms with van der Waals surface area (Å²) in [6, 6.07) is 5.18. The second-order valence-corrected chi connectivity index (χ2v) is 6.16. The molecular formula is C16H21N3O4. The molecule has 2 atom stereocenters. The largest absolute Gasteiger partial charge is 0.469 e. The summed E-state index contributed by atoms with van der Waals surface area (Å²) in [5.74, 6) is 0.157. The first-order valence-electron chi connectivity index (χ1n) is 7.88. The van der Waals surface area contributed by atoms with Crippen molar-refractivity contribution in [3.8, 4) is 0 Å². The van der Waals surface area contributed by atoms with Crippen LogP contribution in [0.2, 0.25) is 0 Å². The fraction of sp³-hybridized carbons (Fsp3) is 0.562. The van der Waals surface area contributed by atoms with Crippen molar-refractivity contribution in [2.45, 2.75) is 25.3 Å². The van der Waals surface area contributed by atoms with Crippen LogP contribution in [0.5, 0.6) is 0 Å². The second-order valence-electron chi connectivity index (χ2n) is 6.16. The van der Waals surface area contributed by atoms with Gasteiger partial charge in [0.25, 0.3) is 5.56 Å². The second kappa shape index (κ2) is 6.44. The summed E-state index contributed by atoms with van der Waals surface area (Å²) in [5, 5.41) is 2.76. The highest BCUT2D eigenvalue weighted by Crippen LogP contribution is 2.34. The molecule has 2 aliphatic rings. The number of likely N-dealkylation sites (tertiary alicyclic amines) is 1. The first-order valence-corrected chi connectivity index (χ1v) is 7.88. The molecule has 124 valence electrons. The minimum absolute atomic E-state index is 0.0354. The molecule has 0 radical (unpaired) electrons. The number of hydrogen-bond donors (Lipinski definition) is 1. The third-order valence-corrected chi connectivity index (χ3v) is 4.60. The Morgan fingerprint density at radius 3 is 2.91 bits per heavy atom. The maximum Gasteiger partial charge on any atom is 0.317 e. The fourth-order valence-corrected chi connectivity index (χ4v) is 3.55. The number of pyridine rings is 1. The molecule has 1 N–H and O–H groups in total. The average Bonchev–Trinajstić information content (AvgIpc) is 2.55. The van der Waals surface area contributed by atoms with Crippen LogP contribution in [0, 0.1) is 5.92 Å². The molecule has 2 aliphatic heterocycles. The predicted octanol–water partition coefficient (Wildman–Crippen LogP) is 0.540. The van der Waals surface area contributed by atoms with Crippen molar-refractivity contribution in [1.82, 2.24) is 14.8 Å². The molecule has 3 heterocycles. The summed E-state index contributed by atoms with van der Waals surface area (Å²) in [6.45, 7) is 2.18. The van der Waals surface area contributed by atoms with Crippen LogP contribution in [-0.2, 0) is 16.1 Å². The van der Waals surface area contributed by atoms with Gasteiger partial charge in [-0.3, -0.25) is 9.59 Å². The molecule has 2 bridgehead atoms. The van der Waals surface area contributed by atoms with Gasteiger partial charge < -0.3 is 19.5 Å². The topological polar surface area (TPSA) is 80.6 Å². The molecule has 7 nitrogen and oxygen atoms in total. The van der Waals surface area contributed by atoms with Crippen LogP contribution in [0.15, 0.2) is 23.0 Å². The van der Waals surface area contributed by atoms with Crippen molar-refractivity contribution in [1.29, 1.82) is 0 Å². The number of fused-ring (bicyclic) bond motifs is 4. The lowest BCUT2D eigenvalue weighted by Crippen LogP contribution is -2.52. The van der Waals surface area contributed by atoms with Crippen molar-refractivity contribution >= 4 is 12.0 Å². The monoisotopic (exact) mass is 319 g/mol. The Hall–Kier alpha value is -2.31. The van der Waals surface area contributed by atoms with E-state index < -0.39 is 0 Å². The van der Waals surface area contributed by atoms with Gasteiger partial charge in [-0.25, -0.2) is 4.79 Å². The van der Waals surface area contributed by atoms with Gasteiger partial charge in [-0.15, -0.1) is 0 Å². The molecule has 0 saturated carbocycles. The van der Waals surface area contributed by atoms with Crippen LogP contribution in [0.25, 0.3) is 0 Å². The number of esters is 1. The van der Waals surface area contributed by atoms with E-state index in [9.17, 15) is 14.4 Å². The van der Waals surface area contributed by atoms with E-state index in [1.165, 1.54) is 7.11 Å². The van der Waals surface area contributed by atoms with E-state index in [1.807, 2.05) is 10.6 Å². The lowest BCUT2D eigenvalue weighted by molar-refractivity contribution is -0.140. The number of nitrogens with one attached hydrogen (secondary N) is 1. The third-order valence-electron chi connectivity index (χ3n) is 4.60. The number of methoxy groups -OCH3 is 1. The van der Waals surface area contributed by atoms with Crippen LogP contribution in [0.4, 0.5) is 4.79 Å². The molecule has 0 aliphatic carbocycles. The SMILES string of the molecule is COC(=O)CCNC(=O)N1C[C@@H]2C[C@H](C1)c1cccc(=O)n1C2. The molecule has 0 aromatic carbocycles. The van der Waals surface area contributed by atoms with Gasteiger partial charge in [0.1, 0.15) is 0 Å². The highest BCUT2D eigenvalue weighted by molar-refractivity contribution is 5.75. The molecule has 0 unspecified atom stereocenters. The van der Waals surface area contributed by atoms with Crippen molar-refractivity contribution in [2.75, 3.05) is 26.7 Å². The number of carbonyl (C=O) groups excluding carboxylic acids is 2. The molecule has 23 heavy (non-hydrogen) atoms. The minimum atomic E-state index is -0.339. The van der Waals surface area contributed by atoms with Gasteiger partial charge in [0, 0.05) is 43.9 Å². The Kier molecular flexibility index (Phi) is 4.36. The van der Waals surface area contributed by atoms with Crippen molar-refractivity contribution in [3.63, 3.8) is 0 Å². The number of piperidine rings is 1. The van der Waals surface area contributed by atoms with Gasteiger partial charge >= 0.3 is 12.0 Å². The zero-order valence-corrected chi connectivity index (χ0v) is 13.2. The molecule has 1 fully saturated rings. The Morgan fingerprint density at radius 2 is 2.13 bits per heavy atom. The Morgan fingerprint density at radius 1 is 1.30 bits per heavy atom. The quantitative estimate of drug-likeness (QED) is 0.825. The molecule has 3 rings (SSSR count). The van der Waals surface area contributed by atoms with E-state index >= 15 is 0 Å². The van der Waals surface area contributed by atoms with Gasteiger partial charge in [0.15, 0.2) is 0 Å². The first kappa shape index (κ1) is 15.6. The minimum Gasteiger partial charge on any atom is -0.469 e. The van der Waals surface area contributed by atoms with Crippen molar-refractivity contribution in [3.05, 3.63) is 34.2 Å². The third kappa shape index (κ3) is 3.23. The van der Waals surface area contributed by atoms with Gasteiger partial charge in [-0.2, -0.15) is 0 Å². The number of aromatic nitrogens is 1. The highest BCUT2D eigenvalue weighted by Gasteiger charge is 2.36. The zero-order chi connectivity index (χ0) is 16.4. The van der Waals surface area contributed by atoms with Gasteiger partial charge in [0.2, 0.25) is 0 Å². The van der Waals surface area contributed by atoms with Crippen LogP contribution < -0.4 is 10.9 Å². The molecule has 0 spiro atoms. The molecular weight excluding hydrogens is 298 g/mol. The van der Waals surface area contributed by atoms with Crippen molar-refractivity contribution in [2.24, 2.45) is 5.92 Å². The standard InChI is InChI=1S/C16H21N3O4/c1-23-15(21)5-6-17-16(22)18-8-11-7-12(10-18)13-3-2-4-14(20)19(13)9-11/h2-4,11-12H,5-10H2,1H3,(H,17,22)/t11-,12+/m0/s1.